The number of aliphatic carboxylic acids is 1. The molecule has 0 aromatic carbocycles. The van der Waals surface area contributed by atoms with Gasteiger partial charge >= 0.3 is 5.97 Å². The fourth-order valence-electron chi connectivity index (χ4n) is 2.49. The van der Waals surface area contributed by atoms with Gasteiger partial charge in [-0.05, 0) is 25.8 Å². The summed E-state index contributed by atoms with van der Waals surface area (Å²) in [6.07, 6.45) is 5.88. The summed E-state index contributed by atoms with van der Waals surface area (Å²) in [4.78, 5) is 21.6. The number of rotatable bonds is 3. The number of carboxylic acid groups (broad SMARTS) is 1. The zero-order valence-corrected chi connectivity index (χ0v) is 10.1. The van der Waals surface area contributed by atoms with Crippen LogP contribution < -0.4 is 0 Å². The molecule has 1 aromatic heterocycles. The number of carboxylic acids is 1. The molecule has 1 aliphatic heterocycles. The minimum absolute atomic E-state index is 0.00486. The Morgan fingerprint density at radius 3 is 2.94 bits per heavy atom. The molecule has 1 aliphatic rings. The summed E-state index contributed by atoms with van der Waals surface area (Å²) < 4.78 is 0. The van der Waals surface area contributed by atoms with Crippen molar-refractivity contribution in [2.24, 2.45) is 5.92 Å². The van der Waals surface area contributed by atoms with Crippen molar-refractivity contribution in [3.63, 3.8) is 0 Å². The fraction of sp³-hybridized carbons (Fsp3) is 0.583. The first kappa shape index (κ1) is 12.0. The van der Waals surface area contributed by atoms with Crippen LogP contribution in [0.15, 0.2) is 18.6 Å². The van der Waals surface area contributed by atoms with Gasteiger partial charge in [0.05, 0.1) is 11.7 Å². The van der Waals surface area contributed by atoms with E-state index in [2.05, 4.69) is 9.97 Å². The minimum atomic E-state index is -0.745. The lowest BCUT2D eigenvalue weighted by Gasteiger charge is -2.28. The quantitative estimate of drug-likeness (QED) is 0.856. The molecule has 1 fully saturated rings. The largest absolute Gasteiger partial charge is 0.480 e. The van der Waals surface area contributed by atoms with Crippen molar-refractivity contribution in [1.82, 2.24) is 14.9 Å². The van der Waals surface area contributed by atoms with Crippen LogP contribution in [0, 0.1) is 5.92 Å². The highest BCUT2D eigenvalue weighted by molar-refractivity contribution is 5.74. The van der Waals surface area contributed by atoms with Crippen LogP contribution in [0.1, 0.15) is 32.0 Å². The zero-order chi connectivity index (χ0) is 12.4. The molecular weight excluding hydrogens is 218 g/mol. The van der Waals surface area contributed by atoms with E-state index in [0.717, 1.165) is 18.7 Å². The Kier molecular flexibility index (Phi) is 3.38. The van der Waals surface area contributed by atoms with Crippen LogP contribution in [-0.4, -0.2) is 38.5 Å². The number of likely N-dealkylation sites (tertiary alicyclic amines) is 1. The summed E-state index contributed by atoms with van der Waals surface area (Å²) in [5, 5.41) is 9.27. The van der Waals surface area contributed by atoms with Gasteiger partial charge in [0.15, 0.2) is 0 Å². The lowest BCUT2D eigenvalue weighted by atomic mass is 10.0. The first-order chi connectivity index (χ1) is 8.11. The molecule has 2 rings (SSSR count). The molecule has 17 heavy (non-hydrogen) atoms. The van der Waals surface area contributed by atoms with Crippen LogP contribution in [0.3, 0.4) is 0 Å². The Morgan fingerprint density at radius 1 is 1.59 bits per heavy atom. The first-order valence-electron chi connectivity index (χ1n) is 5.85. The zero-order valence-electron chi connectivity index (χ0n) is 10.1. The van der Waals surface area contributed by atoms with Gasteiger partial charge in [0, 0.05) is 18.6 Å². The van der Waals surface area contributed by atoms with Gasteiger partial charge in [0.1, 0.15) is 6.04 Å². The van der Waals surface area contributed by atoms with Crippen molar-refractivity contribution in [3.8, 4) is 0 Å². The van der Waals surface area contributed by atoms with Crippen molar-refractivity contribution >= 4 is 5.97 Å². The van der Waals surface area contributed by atoms with E-state index in [1.165, 1.54) is 0 Å². The molecule has 1 N–H and O–H groups in total. The Bertz CT molecular complexity index is 396. The molecule has 5 nitrogen and oxygen atoms in total. The smallest absolute Gasteiger partial charge is 0.321 e. The van der Waals surface area contributed by atoms with Crippen molar-refractivity contribution in [2.75, 3.05) is 6.54 Å². The van der Waals surface area contributed by atoms with Crippen molar-refractivity contribution in [3.05, 3.63) is 24.3 Å². The molecule has 0 saturated carbocycles. The first-order valence-corrected chi connectivity index (χ1v) is 5.85. The predicted octanol–water partition coefficient (Wildman–Crippen LogP) is 1.33. The third-order valence-corrected chi connectivity index (χ3v) is 3.50. The Hall–Kier alpha value is -1.49. The average molecular weight is 235 g/mol. The second-order valence-corrected chi connectivity index (χ2v) is 4.59. The Balaban J connectivity index is 2.20. The molecule has 0 spiro atoms. The highest BCUT2D eigenvalue weighted by Crippen LogP contribution is 2.31. The van der Waals surface area contributed by atoms with E-state index in [1.807, 2.05) is 18.7 Å². The minimum Gasteiger partial charge on any atom is -0.480 e. The average Bonchev–Trinajstić information content (AvgIpc) is 2.71. The highest BCUT2D eigenvalue weighted by Gasteiger charge is 2.39. The van der Waals surface area contributed by atoms with Crippen LogP contribution in [0.5, 0.6) is 0 Å². The topological polar surface area (TPSA) is 66.3 Å². The second-order valence-electron chi connectivity index (χ2n) is 4.59. The van der Waals surface area contributed by atoms with Gasteiger partial charge in [-0.25, -0.2) is 0 Å². The van der Waals surface area contributed by atoms with E-state index in [4.69, 9.17) is 0 Å². The van der Waals surface area contributed by atoms with Crippen LogP contribution in [-0.2, 0) is 4.79 Å². The number of carbonyl (C=O) groups is 1. The van der Waals surface area contributed by atoms with Gasteiger partial charge in [-0.1, -0.05) is 6.92 Å². The number of hydrogen-bond acceptors (Lipinski definition) is 4. The maximum absolute atomic E-state index is 11.3. The third kappa shape index (κ3) is 2.29. The molecule has 92 valence electrons. The summed E-state index contributed by atoms with van der Waals surface area (Å²) in [6.45, 7) is 4.77. The fourth-order valence-corrected chi connectivity index (χ4v) is 2.49. The third-order valence-electron chi connectivity index (χ3n) is 3.50. The molecule has 0 bridgehead atoms. The van der Waals surface area contributed by atoms with E-state index in [1.54, 1.807) is 18.6 Å². The summed E-state index contributed by atoms with van der Waals surface area (Å²) in [6, 6.07) is -0.415. The molecule has 3 atom stereocenters. The summed E-state index contributed by atoms with van der Waals surface area (Å²) in [5.74, 6) is -0.558. The molecule has 1 saturated heterocycles. The normalized spacial score (nSPS) is 26.9. The molecule has 2 heterocycles. The van der Waals surface area contributed by atoms with Gasteiger partial charge in [0.2, 0.25) is 0 Å². The Labute approximate surface area is 100 Å². The van der Waals surface area contributed by atoms with Crippen LogP contribution >= 0.6 is 0 Å². The molecule has 3 unspecified atom stereocenters. The molecule has 0 aliphatic carbocycles. The van der Waals surface area contributed by atoms with Gasteiger partial charge in [-0.15, -0.1) is 0 Å². The Morgan fingerprint density at radius 2 is 2.35 bits per heavy atom. The van der Waals surface area contributed by atoms with E-state index in [0.29, 0.717) is 0 Å². The monoisotopic (exact) mass is 235 g/mol. The summed E-state index contributed by atoms with van der Waals surface area (Å²) >= 11 is 0. The van der Waals surface area contributed by atoms with E-state index < -0.39 is 12.0 Å². The SMILES string of the molecule is CC1CCN(C(C)c2cnccn2)C1C(=O)O. The van der Waals surface area contributed by atoms with Crippen molar-refractivity contribution in [1.29, 1.82) is 0 Å². The summed E-state index contributed by atoms with van der Waals surface area (Å²) in [7, 11) is 0. The van der Waals surface area contributed by atoms with Gasteiger partial charge < -0.3 is 5.11 Å². The molecule has 0 amide bonds. The van der Waals surface area contributed by atoms with Gasteiger partial charge in [-0.2, -0.15) is 0 Å². The predicted molar refractivity (Wildman–Crippen MR) is 62.4 cm³/mol. The van der Waals surface area contributed by atoms with Gasteiger partial charge in [-0.3, -0.25) is 19.7 Å². The molecule has 0 radical (unpaired) electrons. The lowest BCUT2D eigenvalue weighted by molar-refractivity contribution is -0.144. The van der Waals surface area contributed by atoms with Crippen LogP contribution in [0.25, 0.3) is 0 Å². The second kappa shape index (κ2) is 4.79. The lowest BCUT2D eigenvalue weighted by Crippen LogP contribution is -2.40. The molecule has 1 aromatic rings. The number of hydrogen-bond donors (Lipinski definition) is 1. The summed E-state index contributed by atoms with van der Waals surface area (Å²) in [5.41, 5.74) is 0.827. The van der Waals surface area contributed by atoms with E-state index >= 15 is 0 Å². The standard InChI is InChI=1S/C12H17N3O2/c1-8-3-6-15(11(8)12(16)17)9(2)10-7-13-4-5-14-10/h4-5,7-9,11H,3,6H2,1-2H3,(H,16,17). The van der Waals surface area contributed by atoms with Crippen LogP contribution in [0.2, 0.25) is 0 Å². The van der Waals surface area contributed by atoms with E-state index in [-0.39, 0.29) is 12.0 Å². The maximum Gasteiger partial charge on any atom is 0.321 e. The number of nitrogens with zero attached hydrogens (tertiary/aromatic N) is 3. The number of aromatic nitrogens is 2. The highest BCUT2D eigenvalue weighted by atomic mass is 16.4. The van der Waals surface area contributed by atoms with Crippen molar-refractivity contribution in [2.45, 2.75) is 32.4 Å². The van der Waals surface area contributed by atoms with Crippen LogP contribution in [0.4, 0.5) is 0 Å². The van der Waals surface area contributed by atoms with E-state index in [9.17, 15) is 9.90 Å². The van der Waals surface area contributed by atoms with Crippen molar-refractivity contribution < 1.29 is 9.90 Å². The molecule has 5 heteroatoms. The maximum atomic E-state index is 11.3. The molecular formula is C12H17N3O2. The van der Waals surface area contributed by atoms with Gasteiger partial charge in [0.25, 0.3) is 0 Å².